The first-order valence-electron chi connectivity index (χ1n) is 6.20. The number of likely N-dealkylation sites (N-methyl/N-ethyl adjacent to an activating group) is 1. The van der Waals surface area contributed by atoms with E-state index in [1.165, 1.54) is 7.11 Å². The second-order valence-electron chi connectivity index (χ2n) is 4.29. The summed E-state index contributed by atoms with van der Waals surface area (Å²) in [6, 6.07) is 5.46. The summed E-state index contributed by atoms with van der Waals surface area (Å²) in [6.07, 6.45) is 2.82. The zero-order valence-corrected chi connectivity index (χ0v) is 11.3. The van der Waals surface area contributed by atoms with Crippen LogP contribution >= 0.6 is 0 Å². The standard InChI is InChI=1S/C14H22FNO2/c1-16-12(5-4-8-17-2)9-11-6-7-14(18-3)13(15)10-11/h6-7,10,12,16H,4-5,8-9H2,1-3H3. The summed E-state index contributed by atoms with van der Waals surface area (Å²) >= 11 is 0. The van der Waals surface area contributed by atoms with Crippen molar-refractivity contribution >= 4 is 0 Å². The van der Waals surface area contributed by atoms with E-state index in [0.717, 1.165) is 31.4 Å². The molecule has 0 aromatic heterocycles. The van der Waals surface area contributed by atoms with E-state index in [-0.39, 0.29) is 5.82 Å². The molecule has 0 fully saturated rings. The van der Waals surface area contributed by atoms with Gasteiger partial charge in [0.2, 0.25) is 0 Å². The Hall–Kier alpha value is -1.13. The maximum absolute atomic E-state index is 13.5. The lowest BCUT2D eigenvalue weighted by molar-refractivity contribution is 0.189. The fraction of sp³-hybridized carbons (Fsp3) is 0.571. The van der Waals surface area contributed by atoms with Gasteiger partial charge in [0.05, 0.1) is 7.11 Å². The molecule has 0 saturated carbocycles. The summed E-state index contributed by atoms with van der Waals surface area (Å²) in [5.74, 6) is -0.0131. The van der Waals surface area contributed by atoms with Gasteiger partial charge in [-0.05, 0) is 44.0 Å². The molecule has 102 valence electrons. The van der Waals surface area contributed by atoms with Crippen molar-refractivity contribution in [2.75, 3.05) is 27.9 Å². The molecule has 3 nitrogen and oxygen atoms in total. The second-order valence-corrected chi connectivity index (χ2v) is 4.29. The number of nitrogens with one attached hydrogen (secondary N) is 1. The van der Waals surface area contributed by atoms with Crippen molar-refractivity contribution in [3.05, 3.63) is 29.6 Å². The molecule has 0 aliphatic heterocycles. The van der Waals surface area contributed by atoms with E-state index in [4.69, 9.17) is 9.47 Å². The fourth-order valence-electron chi connectivity index (χ4n) is 1.94. The third kappa shape index (κ3) is 4.63. The molecule has 0 saturated heterocycles. The minimum absolute atomic E-state index is 0.291. The monoisotopic (exact) mass is 255 g/mol. The summed E-state index contributed by atoms with van der Waals surface area (Å²) < 4.78 is 23.5. The normalized spacial score (nSPS) is 12.4. The van der Waals surface area contributed by atoms with Crippen LogP contribution in [0.5, 0.6) is 5.75 Å². The molecular weight excluding hydrogens is 233 g/mol. The molecule has 0 heterocycles. The topological polar surface area (TPSA) is 30.5 Å². The Kier molecular flexibility index (Phi) is 6.68. The van der Waals surface area contributed by atoms with Crippen molar-refractivity contribution in [1.82, 2.24) is 5.32 Å². The van der Waals surface area contributed by atoms with Gasteiger partial charge in [0.25, 0.3) is 0 Å². The van der Waals surface area contributed by atoms with Crippen molar-refractivity contribution in [1.29, 1.82) is 0 Å². The van der Waals surface area contributed by atoms with Crippen molar-refractivity contribution in [3.63, 3.8) is 0 Å². The van der Waals surface area contributed by atoms with Crippen LogP contribution in [0.1, 0.15) is 18.4 Å². The molecule has 1 aromatic carbocycles. The Labute approximate surface area is 108 Å². The number of benzene rings is 1. The highest BCUT2D eigenvalue weighted by Gasteiger charge is 2.09. The largest absolute Gasteiger partial charge is 0.494 e. The van der Waals surface area contributed by atoms with Gasteiger partial charge in [-0.25, -0.2) is 4.39 Å². The molecule has 0 aliphatic carbocycles. The van der Waals surface area contributed by atoms with Crippen LogP contribution < -0.4 is 10.1 Å². The molecule has 4 heteroatoms. The molecule has 1 rings (SSSR count). The Morgan fingerprint density at radius 1 is 1.33 bits per heavy atom. The number of methoxy groups -OCH3 is 2. The maximum atomic E-state index is 13.5. The minimum atomic E-state index is -0.304. The molecular formula is C14H22FNO2. The maximum Gasteiger partial charge on any atom is 0.165 e. The molecule has 1 atom stereocenters. The molecule has 0 amide bonds. The van der Waals surface area contributed by atoms with Gasteiger partial charge in [0, 0.05) is 19.8 Å². The molecule has 1 unspecified atom stereocenters. The van der Waals surface area contributed by atoms with E-state index in [1.54, 1.807) is 19.2 Å². The predicted molar refractivity (Wildman–Crippen MR) is 70.6 cm³/mol. The minimum Gasteiger partial charge on any atom is -0.494 e. The first kappa shape index (κ1) is 14.9. The van der Waals surface area contributed by atoms with E-state index >= 15 is 0 Å². The van der Waals surface area contributed by atoms with Gasteiger partial charge >= 0.3 is 0 Å². The molecule has 0 bridgehead atoms. The number of rotatable bonds is 8. The number of ether oxygens (including phenoxy) is 2. The first-order valence-corrected chi connectivity index (χ1v) is 6.20. The van der Waals surface area contributed by atoms with Crippen molar-refractivity contribution < 1.29 is 13.9 Å². The molecule has 0 radical (unpaired) electrons. The molecule has 1 aromatic rings. The van der Waals surface area contributed by atoms with Crippen LogP contribution in [0.4, 0.5) is 4.39 Å². The second kappa shape index (κ2) is 8.06. The summed E-state index contributed by atoms with van der Waals surface area (Å²) in [7, 11) is 5.10. The molecule has 0 aliphatic rings. The smallest absolute Gasteiger partial charge is 0.165 e. The third-order valence-electron chi connectivity index (χ3n) is 3.01. The van der Waals surface area contributed by atoms with Gasteiger partial charge in [-0.3, -0.25) is 0 Å². The number of hydrogen-bond acceptors (Lipinski definition) is 3. The predicted octanol–water partition coefficient (Wildman–Crippen LogP) is 2.39. The van der Waals surface area contributed by atoms with Crippen LogP contribution in [0.3, 0.4) is 0 Å². The van der Waals surface area contributed by atoms with Gasteiger partial charge in [0.15, 0.2) is 11.6 Å². The molecule has 0 spiro atoms. The van der Waals surface area contributed by atoms with Gasteiger partial charge in [-0.15, -0.1) is 0 Å². The SMILES string of the molecule is CNC(CCCOC)Cc1ccc(OC)c(F)c1. The molecule has 18 heavy (non-hydrogen) atoms. The van der Waals surface area contributed by atoms with E-state index in [2.05, 4.69) is 5.32 Å². The summed E-state index contributed by atoms with van der Waals surface area (Å²) in [5, 5.41) is 3.25. The Morgan fingerprint density at radius 2 is 2.11 bits per heavy atom. The van der Waals surface area contributed by atoms with Crippen LogP contribution in [0, 0.1) is 5.82 Å². The average molecular weight is 255 g/mol. The van der Waals surface area contributed by atoms with E-state index < -0.39 is 0 Å². The third-order valence-corrected chi connectivity index (χ3v) is 3.01. The van der Waals surface area contributed by atoms with Crippen LogP contribution in [-0.4, -0.2) is 33.9 Å². The zero-order chi connectivity index (χ0) is 13.4. The van der Waals surface area contributed by atoms with Crippen LogP contribution in [0.15, 0.2) is 18.2 Å². The fourth-order valence-corrected chi connectivity index (χ4v) is 1.94. The van der Waals surface area contributed by atoms with Crippen LogP contribution in [0.2, 0.25) is 0 Å². The Bertz CT molecular complexity index is 358. The van der Waals surface area contributed by atoms with Crippen LogP contribution in [-0.2, 0) is 11.2 Å². The van der Waals surface area contributed by atoms with Crippen molar-refractivity contribution in [2.24, 2.45) is 0 Å². The highest BCUT2D eigenvalue weighted by Crippen LogP contribution is 2.19. The lowest BCUT2D eigenvalue weighted by Crippen LogP contribution is -2.27. The highest BCUT2D eigenvalue weighted by atomic mass is 19.1. The van der Waals surface area contributed by atoms with Gasteiger partial charge in [-0.2, -0.15) is 0 Å². The lowest BCUT2D eigenvalue weighted by atomic mass is 10.0. The Balaban J connectivity index is 2.55. The van der Waals surface area contributed by atoms with Gasteiger partial charge < -0.3 is 14.8 Å². The van der Waals surface area contributed by atoms with Crippen molar-refractivity contribution in [3.8, 4) is 5.75 Å². The number of hydrogen-bond donors (Lipinski definition) is 1. The molecule has 1 N–H and O–H groups in total. The van der Waals surface area contributed by atoms with E-state index in [0.29, 0.717) is 11.8 Å². The van der Waals surface area contributed by atoms with Gasteiger partial charge in [-0.1, -0.05) is 6.07 Å². The summed E-state index contributed by atoms with van der Waals surface area (Å²) in [4.78, 5) is 0. The van der Waals surface area contributed by atoms with Crippen LogP contribution in [0.25, 0.3) is 0 Å². The lowest BCUT2D eigenvalue weighted by Gasteiger charge is -2.16. The zero-order valence-electron chi connectivity index (χ0n) is 11.3. The Morgan fingerprint density at radius 3 is 2.67 bits per heavy atom. The van der Waals surface area contributed by atoms with E-state index in [1.807, 2.05) is 13.1 Å². The quantitative estimate of drug-likeness (QED) is 0.724. The summed E-state index contributed by atoms with van der Waals surface area (Å²) in [5.41, 5.74) is 0.977. The number of halogens is 1. The van der Waals surface area contributed by atoms with Gasteiger partial charge in [0.1, 0.15) is 0 Å². The van der Waals surface area contributed by atoms with E-state index in [9.17, 15) is 4.39 Å². The summed E-state index contributed by atoms with van der Waals surface area (Å²) in [6.45, 7) is 0.759. The average Bonchev–Trinajstić information content (AvgIpc) is 2.38. The highest BCUT2D eigenvalue weighted by molar-refractivity contribution is 5.29. The first-order chi connectivity index (χ1) is 8.71. The van der Waals surface area contributed by atoms with Crippen molar-refractivity contribution in [2.45, 2.75) is 25.3 Å².